The van der Waals surface area contributed by atoms with Gasteiger partial charge in [0.1, 0.15) is 0 Å². The molecule has 1 aromatic carbocycles. The second-order valence-corrected chi connectivity index (χ2v) is 6.17. The number of piperazine rings is 1. The van der Waals surface area contributed by atoms with Crippen LogP contribution in [-0.4, -0.2) is 80.3 Å². The molecular weight excluding hydrogens is 338 g/mol. The molecule has 26 heavy (non-hydrogen) atoms. The number of para-hydroxylation sites is 1. The van der Waals surface area contributed by atoms with Gasteiger partial charge in [0.2, 0.25) is 11.8 Å². The van der Waals surface area contributed by atoms with Crippen molar-refractivity contribution in [2.75, 3.05) is 47.5 Å². The molecule has 0 spiro atoms. The molecule has 2 N–H and O–H groups in total. The number of amides is 2. The van der Waals surface area contributed by atoms with Crippen LogP contribution in [0.4, 0.5) is 0 Å². The molecule has 2 amide bonds. The molecule has 1 fully saturated rings. The van der Waals surface area contributed by atoms with Crippen molar-refractivity contribution in [1.82, 2.24) is 15.1 Å². The van der Waals surface area contributed by atoms with E-state index in [-0.39, 0.29) is 31.4 Å². The van der Waals surface area contributed by atoms with E-state index in [1.54, 1.807) is 21.3 Å². The average molecular weight is 365 g/mol. The minimum atomic E-state index is -0.562. The maximum atomic E-state index is 12.4. The van der Waals surface area contributed by atoms with E-state index in [0.717, 1.165) is 5.56 Å². The second-order valence-electron chi connectivity index (χ2n) is 6.17. The van der Waals surface area contributed by atoms with Crippen molar-refractivity contribution in [1.29, 1.82) is 0 Å². The third kappa shape index (κ3) is 4.64. The summed E-state index contributed by atoms with van der Waals surface area (Å²) in [6, 6.07) is 5.05. The number of nitrogens with zero attached hydrogens (tertiary/aromatic N) is 2. The van der Waals surface area contributed by atoms with Gasteiger partial charge in [-0.1, -0.05) is 12.1 Å². The number of hydrogen-bond donors (Lipinski definition) is 2. The molecule has 8 heteroatoms. The van der Waals surface area contributed by atoms with Gasteiger partial charge in [-0.05, 0) is 6.07 Å². The van der Waals surface area contributed by atoms with E-state index >= 15 is 0 Å². The van der Waals surface area contributed by atoms with Gasteiger partial charge in [-0.25, -0.2) is 0 Å². The molecule has 1 aliphatic heterocycles. The van der Waals surface area contributed by atoms with Crippen molar-refractivity contribution in [3.05, 3.63) is 23.8 Å². The van der Waals surface area contributed by atoms with E-state index in [2.05, 4.69) is 5.32 Å². The summed E-state index contributed by atoms with van der Waals surface area (Å²) in [5, 5.41) is 11.8. The summed E-state index contributed by atoms with van der Waals surface area (Å²) in [4.78, 5) is 28.1. The van der Waals surface area contributed by atoms with E-state index < -0.39 is 6.04 Å². The van der Waals surface area contributed by atoms with Crippen LogP contribution in [0.2, 0.25) is 0 Å². The lowest BCUT2D eigenvalue weighted by molar-refractivity contribution is -0.138. The summed E-state index contributed by atoms with van der Waals surface area (Å²) in [6.45, 7) is 1.77. The first-order chi connectivity index (χ1) is 12.5. The van der Waals surface area contributed by atoms with E-state index in [1.165, 1.54) is 4.90 Å². The first kappa shape index (κ1) is 20.0. The monoisotopic (exact) mass is 365 g/mol. The number of likely N-dealkylation sites (N-methyl/N-ethyl adjacent to an activating group) is 1. The maximum absolute atomic E-state index is 12.4. The van der Waals surface area contributed by atoms with Gasteiger partial charge in [-0.3, -0.25) is 14.5 Å². The fourth-order valence-corrected chi connectivity index (χ4v) is 3.07. The van der Waals surface area contributed by atoms with Crippen molar-refractivity contribution < 1.29 is 24.2 Å². The fourth-order valence-electron chi connectivity index (χ4n) is 3.07. The van der Waals surface area contributed by atoms with Crippen LogP contribution in [0.1, 0.15) is 12.0 Å². The number of methoxy groups -OCH3 is 2. The molecule has 0 bridgehead atoms. The van der Waals surface area contributed by atoms with Crippen molar-refractivity contribution in [3.63, 3.8) is 0 Å². The van der Waals surface area contributed by atoms with Crippen LogP contribution in [0, 0.1) is 0 Å². The molecule has 1 atom stereocenters. The number of carbonyl (C=O) groups is 2. The molecule has 0 aromatic heterocycles. The van der Waals surface area contributed by atoms with E-state index in [0.29, 0.717) is 31.1 Å². The largest absolute Gasteiger partial charge is 0.493 e. The van der Waals surface area contributed by atoms with Gasteiger partial charge in [0.25, 0.3) is 0 Å². The van der Waals surface area contributed by atoms with Crippen LogP contribution >= 0.6 is 0 Å². The number of aliphatic hydroxyl groups is 1. The lowest BCUT2D eigenvalue weighted by Crippen LogP contribution is -2.56. The Labute approximate surface area is 153 Å². The number of hydrogen-bond acceptors (Lipinski definition) is 6. The van der Waals surface area contributed by atoms with Crippen molar-refractivity contribution >= 4 is 11.8 Å². The normalized spacial score (nSPS) is 17.5. The molecule has 1 heterocycles. The minimum Gasteiger partial charge on any atom is -0.493 e. The molecule has 0 saturated carbocycles. The second kappa shape index (κ2) is 9.40. The highest BCUT2D eigenvalue weighted by Crippen LogP contribution is 2.32. The Morgan fingerprint density at radius 2 is 2.15 bits per heavy atom. The Balaban J connectivity index is 2.18. The van der Waals surface area contributed by atoms with Gasteiger partial charge in [0, 0.05) is 38.8 Å². The van der Waals surface area contributed by atoms with Crippen LogP contribution < -0.4 is 14.8 Å². The lowest BCUT2D eigenvalue weighted by Gasteiger charge is -2.35. The van der Waals surface area contributed by atoms with E-state index in [4.69, 9.17) is 14.6 Å². The average Bonchev–Trinajstić information content (AvgIpc) is 2.64. The number of aliphatic hydroxyl groups excluding tert-OH is 1. The molecule has 1 unspecified atom stereocenters. The molecular formula is C18H27N3O5. The van der Waals surface area contributed by atoms with Crippen molar-refractivity contribution in [2.24, 2.45) is 0 Å². The Hall–Kier alpha value is -2.32. The zero-order valence-electron chi connectivity index (χ0n) is 15.5. The quantitative estimate of drug-likeness (QED) is 0.666. The van der Waals surface area contributed by atoms with E-state index in [9.17, 15) is 9.59 Å². The SMILES string of the molecule is COc1cccc(CN2CCNC(=O)C2CC(=O)N(C)CCO)c1OC. The zero-order chi connectivity index (χ0) is 19.1. The molecule has 1 aliphatic rings. The van der Waals surface area contributed by atoms with E-state index in [1.807, 2.05) is 23.1 Å². The number of ether oxygens (including phenoxy) is 2. The van der Waals surface area contributed by atoms with Crippen LogP contribution in [-0.2, 0) is 16.1 Å². The highest BCUT2D eigenvalue weighted by Gasteiger charge is 2.33. The fraction of sp³-hybridized carbons (Fsp3) is 0.556. The smallest absolute Gasteiger partial charge is 0.237 e. The predicted octanol–water partition coefficient (Wildman–Crippen LogP) is -0.155. The lowest BCUT2D eigenvalue weighted by atomic mass is 10.1. The first-order valence-electron chi connectivity index (χ1n) is 8.58. The molecule has 1 aromatic rings. The van der Waals surface area contributed by atoms with Gasteiger partial charge in [0.15, 0.2) is 11.5 Å². The third-order valence-electron chi connectivity index (χ3n) is 4.53. The minimum absolute atomic E-state index is 0.0641. The Kier molecular flexibility index (Phi) is 7.23. The number of nitrogens with one attached hydrogen (secondary N) is 1. The Morgan fingerprint density at radius 1 is 1.38 bits per heavy atom. The molecule has 1 saturated heterocycles. The van der Waals surface area contributed by atoms with Gasteiger partial charge >= 0.3 is 0 Å². The summed E-state index contributed by atoms with van der Waals surface area (Å²) in [5.41, 5.74) is 0.891. The molecule has 8 nitrogen and oxygen atoms in total. The summed E-state index contributed by atoms with van der Waals surface area (Å²) < 4.78 is 10.8. The van der Waals surface area contributed by atoms with Crippen LogP contribution in [0.3, 0.4) is 0 Å². The third-order valence-corrected chi connectivity index (χ3v) is 4.53. The maximum Gasteiger partial charge on any atom is 0.237 e. The summed E-state index contributed by atoms with van der Waals surface area (Å²) in [6.07, 6.45) is 0.0641. The number of benzene rings is 1. The van der Waals surface area contributed by atoms with Crippen LogP contribution in [0.25, 0.3) is 0 Å². The molecule has 2 rings (SSSR count). The van der Waals surface area contributed by atoms with Crippen molar-refractivity contribution in [3.8, 4) is 11.5 Å². The summed E-state index contributed by atoms with van der Waals surface area (Å²) in [5.74, 6) is 0.915. The highest BCUT2D eigenvalue weighted by molar-refractivity contribution is 5.88. The predicted molar refractivity (Wildman–Crippen MR) is 96.1 cm³/mol. The molecule has 0 radical (unpaired) electrons. The Bertz CT molecular complexity index is 637. The van der Waals surface area contributed by atoms with Gasteiger partial charge in [0.05, 0.1) is 33.3 Å². The molecule has 144 valence electrons. The highest BCUT2D eigenvalue weighted by atomic mass is 16.5. The topological polar surface area (TPSA) is 91.3 Å². The van der Waals surface area contributed by atoms with Crippen LogP contribution in [0.15, 0.2) is 18.2 Å². The summed E-state index contributed by atoms with van der Waals surface area (Å²) >= 11 is 0. The van der Waals surface area contributed by atoms with Crippen LogP contribution in [0.5, 0.6) is 11.5 Å². The zero-order valence-corrected chi connectivity index (χ0v) is 15.5. The Morgan fingerprint density at radius 3 is 2.81 bits per heavy atom. The van der Waals surface area contributed by atoms with Crippen molar-refractivity contribution in [2.45, 2.75) is 19.0 Å². The van der Waals surface area contributed by atoms with Gasteiger partial charge in [-0.15, -0.1) is 0 Å². The summed E-state index contributed by atoms with van der Waals surface area (Å²) in [7, 11) is 4.78. The standard InChI is InChI=1S/C18H27N3O5/c1-20(9-10-22)16(23)11-14-18(24)19-7-8-21(14)12-13-5-4-6-15(25-2)17(13)26-3/h4-6,14,22H,7-12H2,1-3H3,(H,19,24). The first-order valence-corrected chi connectivity index (χ1v) is 8.58. The van der Waals surface area contributed by atoms with Gasteiger partial charge < -0.3 is 24.8 Å². The number of carbonyl (C=O) groups excluding carboxylic acids is 2. The number of rotatable bonds is 8. The van der Waals surface area contributed by atoms with Gasteiger partial charge in [-0.2, -0.15) is 0 Å². The molecule has 0 aliphatic carbocycles.